The average molecular weight is 247 g/mol. The molecule has 0 aliphatic heterocycles. The Balaban J connectivity index is 2.32. The first-order valence-electron chi connectivity index (χ1n) is 5.78. The molecule has 1 heterocycles. The Labute approximate surface area is 105 Å². The molecule has 1 aromatic heterocycles. The van der Waals surface area contributed by atoms with E-state index in [9.17, 15) is 4.79 Å². The predicted octanol–water partition coefficient (Wildman–Crippen LogP) is 2.12. The molecule has 5 heteroatoms. The second kappa shape index (κ2) is 4.33. The van der Waals surface area contributed by atoms with Crippen molar-refractivity contribution in [3.05, 3.63) is 30.1 Å². The molecule has 0 aliphatic carbocycles. The average Bonchev–Trinajstić information content (AvgIpc) is 2.68. The van der Waals surface area contributed by atoms with Crippen molar-refractivity contribution in [2.45, 2.75) is 19.3 Å². The number of amides is 1. The largest absolute Gasteiger partial charge is 0.465 e. The Morgan fingerprint density at radius 2 is 2.22 bits per heavy atom. The van der Waals surface area contributed by atoms with Gasteiger partial charge in [-0.1, -0.05) is 19.9 Å². The fourth-order valence-electron chi connectivity index (χ4n) is 1.96. The van der Waals surface area contributed by atoms with Gasteiger partial charge in [0.1, 0.15) is 0 Å². The first-order valence-corrected chi connectivity index (χ1v) is 5.78. The molecule has 2 rings (SSSR count). The lowest BCUT2D eigenvalue weighted by Crippen LogP contribution is -2.35. The minimum Gasteiger partial charge on any atom is -0.465 e. The van der Waals surface area contributed by atoms with Crippen molar-refractivity contribution in [3.8, 4) is 0 Å². The highest BCUT2D eigenvalue weighted by molar-refractivity contribution is 5.76. The Kier molecular flexibility index (Phi) is 2.98. The molecule has 5 nitrogen and oxygen atoms in total. The monoisotopic (exact) mass is 247 g/mol. The molecule has 0 fully saturated rings. The summed E-state index contributed by atoms with van der Waals surface area (Å²) in [5.74, 6) is 0. The molecule has 0 saturated carbocycles. The predicted molar refractivity (Wildman–Crippen MR) is 69.8 cm³/mol. The van der Waals surface area contributed by atoms with Crippen LogP contribution in [0.4, 0.5) is 4.79 Å². The summed E-state index contributed by atoms with van der Waals surface area (Å²) in [6.07, 6.45) is 0.777. The number of fused-ring (bicyclic) bond motifs is 1. The minimum atomic E-state index is -0.998. The number of benzene rings is 1. The van der Waals surface area contributed by atoms with Gasteiger partial charge < -0.3 is 15.0 Å². The second-order valence-corrected chi connectivity index (χ2v) is 5.10. The third kappa shape index (κ3) is 2.30. The van der Waals surface area contributed by atoms with Gasteiger partial charge in [0.25, 0.3) is 0 Å². The summed E-state index contributed by atoms with van der Waals surface area (Å²) in [6.45, 7) is 4.39. The van der Waals surface area contributed by atoms with E-state index in [1.165, 1.54) is 0 Å². The molecule has 1 amide bonds. The minimum absolute atomic E-state index is 0.260. The van der Waals surface area contributed by atoms with Gasteiger partial charge in [0.05, 0.1) is 17.4 Å². The molecule has 2 N–H and O–H groups in total. The van der Waals surface area contributed by atoms with Crippen LogP contribution in [0.2, 0.25) is 0 Å². The summed E-state index contributed by atoms with van der Waals surface area (Å²) in [4.78, 5) is 14.9. The van der Waals surface area contributed by atoms with Crippen LogP contribution in [0.1, 0.15) is 19.4 Å². The number of nitrogens with zero attached hydrogens (tertiary/aromatic N) is 2. The molecule has 0 spiro atoms. The van der Waals surface area contributed by atoms with Gasteiger partial charge in [0.15, 0.2) is 0 Å². The van der Waals surface area contributed by atoms with Crippen LogP contribution in [0.15, 0.2) is 24.5 Å². The summed E-state index contributed by atoms with van der Waals surface area (Å²) in [5.41, 5.74) is 2.81. The molecule has 18 heavy (non-hydrogen) atoms. The Hall–Kier alpha value is -2.04. The smallest absolute Gasteiger partial charge is 0.404 e. The van der Waals surface area contributed by atoms with E-state index < -0.39 is 6.09 Å². The molecular formula is C13H17N3O2. The summed E-state index contributed by atoms with van der Waals surface area (Å²) in [6, 6.07) is 6.05. The standard InChI is InChI=1S/C13H17N3O2/c1-13(2,7-14-12(17)18)9-4-5-11-10(6-9)15-8-16(11)3/h4-6,8,14H,7H2,1-3H3,(H,17,18). The van der Waals surface area contributed by atoms with Gasteiger partial charge in [-0.3, -0.25) is 0 Å². The summed E-state index contributed by atoms with van der Waals surface area (Å²) >= 11 is 0. The molecule has 2 aromatic rings. The van der Waals surface area contributed by atoms with Crippen LogP contribution < -0.4 is 5.32 Å². The van der Waals surface area contributed by atoms with Gasteiger partial charge >= 0.3 is 6.09 Å². The number of carbonyl (C=O) groups is 1. The summed E-state index contributed by atoms with van der Waals surface area (Å²) in [5, 5.41) is 11.1. The lowest BCUT2D eigenvalue weighted by Gasteiger charge is -2.25. The zero-order valence-corrected chi connectivity index (χ0v) is 10.8. The van der Waals surface area contributed by atoms with Crippen molar-refractivity contribution in [1.82, 2.24) is 14.9 Å². The van der Waals surface area contributed by atoms with Crippen molar-refractivity contribution in [1.29, 1.82) is 0 Å². The molecule has 0 bridgehead atoms. The van der Waals surface area contributed by atoms with E-state index in [-0.39, 0.29) is 5.41 Å². The van der Waals surface area contributed by atoms with Gasteiger partial charge in [0.2, 0.25) is 0 Å². The number of hydrogen-bond donors (Lipinski definition) is 2. The van der Waals surface area contributed by atoms with E-state index >= 15 is 0 Å². The Bertz CT molecular complexity index is 587. The Morgan fingerprint density at radius 3 is 2.89 bits per heavy atom. The number of nitrogens with one attached hydrogen (secondary N) is 1. The van der Waals surface area contributed by atoms with Gasteiger partial charge in [-0.2, -0.15) is 0 Å². The van der Waals surface area contributed by atoms with Gasteiger partial charge in [-0.15, -0.1) is 0 Å². The SMILES string of the molecule is Cn1cnc2cc(C(C)(C)CNC(=O)O)ccc21. The fourth-order valence-corrected chi connectivity index (χ4v) is 1.96. The van der Waals surface area contributed by atoms with E-state index in [0.717, 1.165) is 16.6 Å². The number of rotatable bonds is 3. The van der Waals surface area contributed by atoms with Crippen LogP contribution in [0.25, 0.3) is 11.0 Å². The summed E-state index contributed by atoms with van der Waals surface area (Å²) in [7, 11) is 1.95. The topological polar surface area (TPSA) is 67.2 Å². The van der Waals surface area contributed by atoms with Crippen LogP contribution in [0.3, 0.4) is 0 Å². The highest BCUT2D eigenvalue weighted by Gasteiger charge is 2.22. The molecule has 0 radical (unpaired) electrons. The second-order valence-electron chi connectivity index (χ2n) is 5.10. The van der Waals surface area contributed by atoms with Crippen molar-refractivity contribution in [2.75, 3.05) is 6.54 Å². The molecular weight excluding hydrogens is 230 g/mol. The van der Waals surface area contributed by atoms with Crippen LogP contribution in [-0.4, -0.2) is 27.3 Å². The van der Waals surface area contributed by atoms with Gasteiger partial charge in [0, 0.05) is 19.0 Å². The van der Waals surface area contributed by atoms with Crippen molar-refractivity contribution >= 4 is 17.1 Å². The maximum absolute atomic E-state index is 10.6. The van der Waals surface area contributed by atoms with Crippen molar-refractivity contribution in [2.24, 2.45) is 7.05 Å². The zero-order valence-electron chi connectivity index (χ0n) is 10.8. The number of imidazole rings is 1. The van der Waals surface area contributed by atoms with Gasteiger partial charge in [-0.05, 0) is 17.7 Å². The number of carboxylic acid groups (broad SMARTS) is 1. The van der Waals surface area contributed by atoms with E-state index in [0.29, 0.717) is 6.54 Å². The molecule has 0 atom stereocenters. The number of aromatic nitrogens is 2. The van der Waals surface area contributed by atoms with Crippen LogP contribution in [0, 0.1) is 0 Å². The van der Waals surface area contributed by atoms with Gasteiger partial charge in [-0.25, -0.2) is 9.78 Å². The highest BCUT2D eigenvalue weighted by Crippen LogP contribution is 2.25. The lowest BCUT2D eigenvalue weighted by atomic mass is 9.84. The number of aryl methyl sites for hydroxylation is 1. The first-order chi connectivity index (χ1) is 8.40. The molecule has 96 valence electrons. The first kappa shape index (κ1) is 12.4. The normalized spacial score (nSPS) is 11.7. The van der Waals surface area contributed by atoms with Crippen LogP contribution in [-0.2, 0) is 12.5 Å². The van der Waals surface area contributed by atoms with Crippen LogP contribution in [0.5, 0.6) is 0 Å². The number of hydrogen-bond acceptors (Lipinski definition) is 2. The highest BCUT2D eigenvalue weighted by atomic mass is 16.4. The van der Waals surface area contributed by atoms with Crippen molar-refractivity contribution < 1.29 is 9.90 Å². The van der Waals surface area contributed by atoms with E-state index in [4.69, 9.17) is 5.11 Å². The zero-order chi connectivity index (χ0) is 13.3. The summed E-state index contributed by atoms with van der Waals surface area (Å²) < 4.78 is 1.96. The fraction of sp³-hybridized carbons (Fsp3) is 0.385. The lowest BCUT2D eigenvalue weighted by molar-refractivity contribution is 0.192. The molecule has 1 aromatic carbocycles. The van der Waals surface area contributed by atoms with Crippen molar-refractivity contribution in [3.63, 3.8) is 0 Å². The van der Waals surface area contributed by atoms with E-state index in [1.54, 1.807) is 6.33 Å². The molecule has 0 saturated heterocycles. The third-order valence-corrected chi connectivity index (χ3v) is 3.19. The van der Waals surface area contributed by atoms with E-state index in [1.807, 2.05) is 43.7 Å². The quantitative estimate of drug-likeness (QED) is 0.873. The van der Waals surface area contributed by atoms with E-state index in [2.05, 4.69) is 10.3 Å². The molecule has 0 aliphatic rings. The van der Waals surface area contributed by atoms with Crippen LogP contribution >= 0.6 is 0 Å². The Morgan fingerprint density at radius 1 is 1.50 bits per heavy atom. The maximum Gasteiger partial charge on any atom is 0.404 e. The third-order valence-electron chi connectivity index (χ3n) is 3.19. The molecule has 0 unspecified atom stereocenters. The maximum atomic E-state index is 10.6.